The molecule has 2 aromatic rings. The van der Waals surface area contributed by atoms with Gasteiger partial charge in [0.05, 0.1) is 20.8 Å². The summed E-state index contributed by atoms with van der Waals surface area (Å²) in [5.41, 5.74) is 8.61. The Balaban J connectivity index is 1.94. The zero-order valence-corrected chi connectivity index (χ0v) is 12.2. The van der Waals surface area contributed by atoms with E-state index < -0.39 is 0 Å². The number of hydrogen-bond acceptors (Lipinski definition) is 4. The van der Waals surface area contributed by atoms with E-state index in [1.54, 1.807) is 14.2 Å². The van der Waals surface area contributed by atoms with Gasteiger partial charge in [0.25, 0.3) is 0 Å². The number of benzene rings is 2. The van der Waals surface area contributed by atoms with E-state index in [4.69, 9.17) is 19.9 Å². The molecule has 1 aliphatic rings. The molecule has 1 heterocycles. The van der Waals surface area contributed by atoms with Crippen molar-refractivity contribution < 1.29 is 14.2 Å². The monoisotopic (exact) mass is 285 g/mol. The van der Waals surface area contributed by atoms with E-state index in [0.717, 1.165) is 28.4 Å². The van der Waals surface area contributed by atoms with E-state index in [9.17, 15) is 0 Å². The summed E-state index contributed by atoms with van der Waals surface area (Å²) >= 11 is 0. The maximum absolute atomic E-state index is 6.47. The normalized spacial score (nSPS) is 17.8. The van der Waals surface area contributed by atoms with Crippen LogP contribution in [-0.4, -0.2) is 20.8 Å². The van der Waals surface area contributed by atoms with E-state index in [1.807, 2.05) is 36.4 Å². The second-order valence-electron chi connectivity index (χ2n) is 5.13. The van der Waals surface area contributed by atoms with Gasteiger partial charge in [0.15, 0.2) is 0 Å². The fourth-order valence-electron chi connectivity index (χ4n) is 2.74. The molecule has 0 spiro atoms. The van der Waals surface area contributed by atoms with Crippen LogP contribution in [0.25, 0.3) is 0 Å². The van der Waals surface area contributed by atoms with Crippen LogP contribution in [0.5, 0.6) is 17.2 Å². The molecule has 0 radical (unpaired) electrons. The molecule has 0 aliphatic carbocycles. The highest BCUT2D eigenvalue weighted by Gasteiger charge is 2.30. The fourth-order valence-corrected chi connectivity index (χ4v) is 2.74. The van der Waals surface area contributed by atoms with Crippen molar-refractivity contribution in [2.45, 2.75) is 12.0 Å². The van der Waals surface area contributed by atoms with Gasteiger partial charge in [-0.25, -0.2) is 0 Å². The van der Waals surface area contributed by atoms with Crippen molar-refractivity contribution in [3.05, 3.63) is 53.6 Å². The summed E-state index contributed by atoms with van der Waals surface area (Å²) in [5, 5.41) is 0. The summed E-state index contributed by atoms with van der Waals surface area (Å²) in [5.74, 6) is 2.55. The molecule has 0 saturated carbocycles. The predicted molar refractivity (Wildman–Crippen MR) is 81.2 cm³/mol. The smallest absolute Gasteiger partial charge is 0.122 e. The number of hydrogen-bond donors (Lipinski definition) is 1. The van der Waals surface area contributed by atoms with Crippen molar-refractivity contribution in [2.75, 3.05) is 20.8 Å². The van der Waals surface area contributed by atoms with Gasteiger partial charge in [0.1, 0.15) is 17.2 Å². The van der Waals surface area contributed by atoms with E-state index in [1.165, 1.54) is 0 Å². The zero-order valence-electron chi connectivity index (χ0n) is 12.2. The van der Waals surface area contributed by atoms with Gasteiger partial charge >= 0.3 is 0 Å². The summed E-state index contributed by atoms with van der Waals surface area (Å²) in [6.45, 7) is 0.597. The summed E-state index contributed by atoms with van der Waals surface area (Å²) in [4.78, 5) is 0. The second-order valence-corrected chi connectivity index (χ2v) is 5.13. The molecule has 2 N–H and O–H groups in total. The molecule has 2 unspecified atom stereocenters. The number of methoxy groups -OCH3 is 2. The summed E-state index contributed by atoms with van der Waals surface area (Å²) in [6.07, 6.45) is 0. The van der Waals surface area contributed by atoms with Crippen molar-refractivity contribution in [1.82, 2.24) is 0 Å². The minimum Gasteiger partial charge on any atom is -0.497 e. The summed E-state index contributed by atoms with van der Waals surface area (Å²) in [7, 11) is 3.27. The minimum absolute atomic E-state index is 0.137. The van der Waals surface area contributed by atoms with E-state index >= 15 is 0 Å². The molecule has 0 amide bonds. The van der Waals surface area contributed by atoms with Gasteiger partial charge in [-0.15, -0.1) is 0 Å². The Morgan fingerprint density at radius 3 is 2.43 bits per heavy atom. The topological polar surface area (TPSA) is 53.7 Å². The van der Waals surface area contributed by atoms with Crippen molar-refractivity contribution in [1.29, 1.82) is 0 Å². The van der Waals surface area contributed by atoms with Crippen LogP contribution < -0.4 is 19.9 Å². The lowest BCUT2D eigenvalue weighted by Crippen LogP contribution is -2.21. The Bertz CT molecular complexity index is 619. The lowest BCUT2D eigenvalue weighted by atomic mass is 9.89. The minimum atomic E-state index is -0.169. The van der Waals surface area contributed by atoms with Gasteiger partial charge in [0.2, 0.25) is 0 Å². The SMILES string of the molecule is COc1cc(OC)cc(C(N)C2COc3ccccc32)c1. The molecule has 4 nitrogen and oxygen atoms in total. The molecular formula is C17H19NO3. The van der Waals surface area contributed by atoms with Gasteiger partial charge < -0.3 is 19.9 Å². The van der Waals surface area contributed by atoms with Crippen molar-refractivity contribution in [3.8, 4) is 17.2 Å². The predicted octanol–water partition coefficient (Wildman–Crippen LogP) is 2.88. The first-order chi connectivity index (χ1) is 10.2. The molecule has 0 bridgehead atoms. The third-order valence-corrected chi connectivity index (χ3v) is 3.93. The number of rotatable bonds is 4. The lowest BCUT2D eigenvalue weighted by molar-refractivity contribution is 0.314. The van der Waals surface area contributed by atoms with Crippen LogP contribution in [0, 0.1) is 0 Å². The zero-order chi connectivity index (χ0) is 14.8. The second kappa shape index (κ2) is 5.66. The van der Waals surface area contributed by atoms with Crippen LogP contribution in [0.2, 0.25) is 0 Å². The molecule has 2 atom stereocenters. The number of ether oxygens (including phenoxy) is 3. The molecule has 4 heteroatoms. The van der Waals surface area contributed by atoms with Crippen LogP contribution in [-0.2, 0) is 0 Å². The molecule has 21 heavy (non-hydrogen) atoms. The quantitative estimate of drug-likeness (QED) is 0.938. The van der Waals surface area contributed by atoms with Crippen LogP contribution >= 0.6 is 0 Å². The molecule has 0 fully saturated rings. The first kappa shape index (κ1) is 13.8. The van der Waals surface area contributed by atoms with Crippen LogP contribution in [0.4, 0.5) is 0 Å². The van der Waals surface area contributed by atoms with E-state index in [0.29, 0.717) is 6.61 Å². The molecule has 110 valence electrons. The molecule has 3 rings (SSSR count). The Labute approximate surface area is 124 Å². The molecular weight excluding hydrogens is 266 g/mol. The maximum atomic E-state index is 6.47. The first-order valence-electron chi connectivity index (χ1n) is 6.93. The Kier molecular flexibility index (Phi) is 3.71. The average Bonchev–Trinajstić information content (AvgIpc) is 2.97. The van der Waals surface area contributed by atoms with Crippen molar-refractivity contribution in [2.24, 2.45) is 5.73 Å². The van der Waals surface area contributed by atoms with Gasteiger partial charge in [-0.2, -0.15) is 0 Å². The van der Waals surface area contributed by atoms with Gasteiger partial charge in [-0.3, -0.25) is 0 Å². The lowest BCUT2D eigenvalue weighted by Gasteiger charge is -2.20. The van der Waals surface area contributed by atoms with Crippen LogP contribution in [0.15, 0.2) is 42.5 Å². The number of para-hydroxylation sites is 1. The Morgan fingerprint density at radius 2 is 1.76 bits per heavy atom. The standard InChI is InChI=1S/C17H19NO3/c1-19-12-7-11(8-13(9-12)20-2)17(18)15-10-21-16-6-4-3-5-14(15)16/h3-9,15,17H,10,18H2,1-2H3. The van der Waals surface area contributed by atoms with Gasteiger partial charge in [0, 0.05) is 23.6 Å². The van der Waals surface area contributed by atoms with Crippen molar-refractivity contribution in [3.63, 3.8) is 0 Å². The summed E-state index contributed by atoms with van der Waals surface area (Å²) in [6, 6.07) is 13.6. The molecule has 0 aromatic heterocycles. The highest BCUT2D eigenvalue weighted by Crippen LogP contribution is 2.41. The van der Waals surface area contributed by atoms with E-state index in [2.05, 4.69) is 6.07 Å². The highest BCUT2D eigenvalue weighted by molar-refractivity contribution is 5.45. The molecule has 1 aliphatic heterocycles. The highest BCUT2D eigenvalue weighted by atomic mass is 16.5. The van der Waals surface area contributed by atoms with E-state index in [-0.39, 0.29) is 12.0 Å². The van der Waals surface area contributed by atoms with Crippen LogP contribution in [0.1, 0.15) is 23.1 Å². The van der Waals surface area contributed by atoms with Gasteiger partial charge in [-0.05, 0) is 23.8 Å². The third-order valence-electron chi connectivity index (χ3n) is 3.93. The molecule has 2 aromatic carbocycles. The third kappa shape index (κ3) is 2.54. The Morgan fingerprint density at radius 1 is 1.10 bits per heavy atom. The summed E-state index contributed by atoms with van der Waals surface area (Å²) < 4.78 is 16.3. The first-order valence-corrected chi connectivity index (χ1v) is 6.93. The van der Waals surface area contributed by atoms with Crippen molar-refractivity contribution >= 4 is 0 Å². The fraction of sp³-hybridized carbons (Fsp3) is 0.294. The largest absolute Gasteiger partial charge is 0.497 e. The number of fused-ring (bicyclic) bond motifs is 1. The molecule has 0 saturated heterocycles. The van der Waals surface area contributed by atoms with Crippen LogP contribution in [0.3, 0.4) is 0 Å². The Hall–Kier alpha value is -2.20. The average molecular weight is 285 g/mol. The maximum Gasteiger partial charge on any atom is 0.122 e. The number of nitrogens with two attached hydrogens (primary N) is 1. The van der Waals surface area contributed by atoms with Gasteiger partial charge in [-0.1, -0.05) is 18.2 Å².